The van der Waals surface area contributed by atoms with Crippen molar-refractivity contribution in [3.63, 3.8) is 0 Å². The predicted molar refractivity (Wildman–Crippen MR) is 69.3 cm³/mol. The fourth-order valence-corrected chi connectivity index (χ4v) is 3.45. The lowest BCUT2D eigenvalue weighted by molar-refractivity contribution is 0.0189. The summed E-state index contributed by atoms with van der Waals surface area (Å²) in [5.74, 6) is 0.540. The van der Waals surface area contributed by atoms with Crippen LogP contribution >= 0.6 is 11.8 Å². The number of nitrogens with two attached hydrogens (primary N) is 1. The lowest BCUT2D eigenvalue weighted by Gasteiger charge is -2.14. The van der Waals surface area contributed by atoms with Gasteiger partial charge in [-0.2, -0.15) is 0 Å². The van der Waals surface area contributed by atoms with E-state index < -0.39 is 22.7 Å². The fourth-order valence-electron chi connectivity index (χ4n) is 2.12. The van der Waals surface area contributed by atoms with Gasteiger partial charge in [0.1, 0.15) is 17.4 Å². The molecule has 2 aromatic rings. The number of fused-ring (bicyclic) bond motifs is 1. The van der Waals surface area contributed by atoms with Crippen LogP contribution in [0.15, 0.2) is 6.33 Å². The Morgan fingerprint density at radius 1 is 1.32 bits per heavy atom. The number of imidazole rings is 1. The van der Waals surface area contributed by atoms with Crippen LogP contribution in [0.1, 0.15) is 11.1 Å². The Kier molecular flexibility index (Phi) is 3.05. The van der Waals surface area contributed by atoms with Crippen molar-refractivity contribution < 1.29 is 15.3 Å². The molecule has 9 heteroatoms. The third-order valence-electron chi connectivity index (χ3n) is 3.12. The summed E-state index contributed by atoms with van der Waals surface area (Å²) in [7, 11) is 0. The van der Waals surface area contributed by atoms with Gasteiger partial charge in [-0.1, -0.05) is 0 Å². The SMILES string of the molecule is Nc1nc(C2S[C@H](CO)[C@@H](O)[C@@H]2O)nc2[nH]cnc12. The van der Waals surface area contributed by atoms with E-state index in [1.165, 1.54) is 18.1 Å². The topological polar surface area (TPSA) is 141 Å². The molecule has 19 heavy (non-hydrogen) atoms. The van der Waals surface area contributed by atoms with Crippen molar-refractivity contribution in [2.75, 3.05) is 12.3 Å². The van der Waals surface area contributed by atoms with E-state index in [0.717, 1.165) is 0 Å². The van der Waals surface area contributed by atoms with Gasteiger partial charge in [-0.05, 0) is 0 Å². The van der Waals surface area contributed by atoms with Gasteiger partial charge in [0.2, 0.25) is 0 Å². The van der Waals surface area contributed by atoms with Gasteiger partial charge in [-0.15, -0.1) is 11.8 Å². The number of anilines is 1. The lowest BCUT2D eigenvalue weighted by atomic mass is 10.1. The van der Waals surface area contributed by atoms with Crippen LogP contribution < -0.4 is 5.73 Å². The van der Waals surface area contributed by atoms with Crippen LogP contribution in [0.3, 0.4) is 0 Å². The maximum Gasteiger partial charge on any atom is 0.163 e. The monoisotopic (exact) mass is 283 g/mol. The molecule has 1 fully saturated rings. The van der Waals surface area contributed by atoms with Gasteiger partial charge < -0.3 is 26.0 Å². The smallest absolute Gasteiger partial charge is 0.163 e. The van der Waals surface area contributed by atoms with Gasteiger partial charge in [0.05, 0.1) is 29.5 Å². The summed E-state index contributed by atoms with van der Waals surface area (Å²) < 4.78 is 0. The van der Waals surface area contributed by atoms with Crippen molar-refractivity contribution >= 4 is 28.7 Å². The second-order valence-corrected chi connectivity index (χ2v) is 5.71. The van der Waals surface area contributed by atoms with Gasteiger partial charge in [0.15, 0.2) is 11.5 Å². The van der Waals surface area contributed by atoms with Crippen molar-refractivity contribution in [1.29, 1.82) is 0 Å². The minimum atomic E-state index is -1.04. The Hall–Kier alpha value is -1.42. The summed E-state index contributed by atoms with van der Waals surface area (Å²) in [5, 5.41) is 27.9. The Morgan fingerprint density at radius 3 is 2.79 bits per heavy atom. The zero-order chi connectivity index (χ0) is 13.6. The summed E-state index contributed by atoms with van der Waals surface area (Å²) in [5.41, 5.74) is 6.74. The second kappa shape index (κ2) is 4.60. The number of nitrogens with one attached hydrogen (secondary N) is 1. The summed E-state index contributed by atoms with van der Waals surface area (Å²) in [6.45, 7) is -0.221. The molecule has 8 nitrogen and oxygen atoms in total. The highest BCUT2D eigenvalue weighted by atomic mass is 32.2. The van der Waals surface area contributed by atoms with Crippen molar-refractivity contribution in [3.8, 4) is 0 Å². The molecule has 3 heterocycles. The summed E-state index contributed by atoms with van der Waals surface area (Å²) in [6, 6.07) is 0. The number of rotatable bonds is 2. The van der Waals surface area contributed by atoms with Crippen LogP contribution in [0.5, 0.6) is 0 Å². The molecule has 1 unspecified atom stereocenters. The molecule has 2 aromatic heterocycles. The van der Waals surface area contributed by atoms with Crippen LogP contribution in [0, 0.1) is 0 Å². The molecule has 0 amide bonds. The minimum Gasteiger partial charge on any atom is -0.395 e. The van der Waals surface area contributed by atoms with Crippen LogP contribution in [-0.4, -0.2) is 59.3 Å². The van der Waals surface area contributed by atoms with Gasteiger partial charge in [-0.3, -0.25) is 0 Å². The average molecular weight is 283 g/mol. The first kappa shape index (κ1) is 12.6. The maximum atomic E-state index is 10.00. The number of thioether (sulfide) groups is 1. The highest BCUT2D eigenvalue weighted by Gasteiger charge is 2.44. The van der Waals surface area contributed by atoms with Gasteiger partial charge in [-0.25, -0.2) is 15.0 Å². The van der Waals surface area contributed by atoms with Crippen LogP contribution in [0.25, 0.3) is 11.2 Å². The standard InChI is InChI=1S/C10H13N5O3S/c11-8-4-9(13-2-12-4)15-10(14-8)7-6(18)5(17)3(1-16)19-7/h2-3,5-7,16-18H,1H2,(H3,11,12,13,14,15)/t3-,5-,6+,7?/m1/s1. The number of nitrogens with zero attached hydrogens (tertiary/aromatic N) is 3. The van der Waals surface area contributed by atoms with E-state index in [4.69, 9.17) is 10.8 Å². The highest BCUT2D eigenvalue weighted by Crippen LogP contribution is 2.44. The van der Waals surface area contributed by atoms with E-state index in [0.29, 0.717) is 17.0 Å². The Labute approximate surface area is 112 Å². The molecule has 0 saturated carbocycles. The summed E-state index contributed by atoms with van der Waals surface area (Å²) in [6.07, 6.45) is -0.590. The molecule has 0 radical (unpaired) electrons. The highest BCUT2D eigenvalue weighted by molar-refractivity contribution is 8.00. The number of H-pyrrole nitrogens is 1. The third-order valence-corrected chi connectivity index (χ3v) is 4.68. The Bertz CT molecular complexity index is 606. The van der Waals surface area contributed by atoms with E-state index in [1.54, 1.807) is 0 Å². The first-order valence-electron chi connectivity index (χ1n) is 5.70. The minimum absolute atomic E-state index is 0.219. The lowest BCUT2D eigenvalue weighted by Crippen LogP contribution is -2.32. The number of aromatic nitrogens is 4. The first-order valence-corrected chi connectivity index (χ1v) is 6.65. The van der Waals surface area contributed by atoms with Crippen LogP contribution in [0.2, 0.25) is 0 Å². The number of aliphatic hydroxyl groups is 3. The molecule has 4 atom stereocenters. The molecule has 1 aliphatic rings. The molecule has 0 spiro atoms. The number of aromatic amines is 1. The van der Waals surface area contributed by atoms with Crippen LogP contribution in [0.4, 0.5) is 5.82 Å². The molecule has 0 aromatic carbocycles. The molecule has 0 aliphatic carbocycles. The van der Waals surface area contributed by atoms with Crippen LogP contribution in [-0.2, 0) is 0 Å². The van der Waals surface area contributed by atoms with E-state index in [-0.39, 0.29) is 12.4 Å². The van der Waals surface area contributed by atoms with E-state index in [9.17, 15) is 10.2 Å². The molecule has 3 rings (SSSR count). The number of aliphatic hydroxyl groups excluding tert-OH is 3. The first-order chi connectivity index (χ1) is 9.11. The maximum absolute atomic E-state index is 10.00. The number of nitrogen functional groups attached to an aromatic ring is 1. The number of hydrogen-bond acceptors (Lipinski definition) is 8. The largest absolute Gasteiger partial charge is 0.395 e. The van der Waals surface area contributed by atoms with Gasteiger partial charge in [0, 0.05) is 0 Å². The summed E-state index contributed by atoms with van der Waals surface area (Å²) >= 11 is 1.23. The molecule has 6 N–H and O–H groups in total. The van der Waals surface area contributed by atoms with Crippen molar-refractivity contribution in [2.24, 2.45) is 0 Å². The van der Waals surface area contributed by atoms with E-state index >= 15 is 0 Å². The third kappa shape index (κ3) is 1.94. The quantitative estimate of drug-likeness (QED) is 0.463. The van der Waals surface area contributed by atoms with Crippen molar-refractivity contribution in [1.82, 2.24) is 19.9 Å². The van der Waals surface area contributed by atoms with Crippen molar-refractivity contribution in [3.05, 3.63) is 12.2 Å². The Morgan fingerprint density at radius 2 is 2.11 bits per heavy atom. The number of hydrogen-bond donors (Lipinski definition) is 5. The molecule has 1 aliphatic heterocycles. The predicted octanol–water partition coefficient (Wildman–Crippen LogP) is -1.19. The summed E-state index contributed by atoms with van der Waals surface area (Å²) in [4.78, 5) is 15.2. The average Bonchev–Trinajstić information content (AvgIpc) is 2.96. The zero-order valence-corrected chi connectivity index (χ0v) is 10.6. The van der Waals surface area contributed by atoms with Crippen molar-refractivity contribution in [2.45, 2.75) is 22.7 Å². The molecular weight excluding hydrogens is 270 g/mol. The Balaban J connectivity index is 2.00. The molecule has 1 saturated heterocycles. The molecular formula is C10H13N5O3S. The molecule has 102 valence electrons. The zero-order valence-electron chi connectivity index (χ0n) is 9.76. The fraction of sp³-hybridized carbons (Fsp3) is 0.500. The second-order valence-electron chi connectivity index (χ2n) is 4.33. The van der Waals surface area contributed by atoms with E-state index in [2.05, 4.69) is 19.9 Å². The van der Waals surface area contributed by atoms with Gasteiger partial charge in [0.25, 0.3) is 0 Å². The molecule has 0 bridgehead atoms. The van der Waals surface area contributed by atoms with E-state index in [1.807, 2.05) is 0 Å². The normalized spacial score (nSPS) is 31.1. The van der Waals surface area contributed by atoms with Gasteiger partial charge >= 0.3 is 0 Å².